The second-order valence-electron chi connectivity index (χ2n) is 4.18. The maximum Gasteiger partial charge on any atom is 0.219 e. The second kappa shape index (κ2) is 6.15. The number of primary amides is 1. The van der Waals surface area contributed by atoms with E-state index in [-0.39, 0.29) is 18.4 Å². The molecular weight excluding hydrogens is 232 g/mol. The number of nitrogen functional groups attached to an aromatic ring is 1. The van der Waals surface area contributed by atoms with Crippen molar-refractivity contribution in [3.05, 3.63) is 11.4 Å². The number of nitrogens with two attached hydrogens (primary N) is 2. The highest BCUT2D eigenvalue weighted by Crippen LogP contribution is 2.20. The molecule has 0 radical (unpaired) electrons. The quantitative estimate of drug-likeness (QED) is 0.427. The molecule has 7 nitrogen and oxygen atoms in total. The van der Waals surface area contributed by atoms with Crippen LogP contribution < -0.4 is 22.3 Å². The van der Waals surface area contributed by atoms with Crippen LogP contribution in [0.3, 0.4) is 0 Å². The number of hydrogen-bond donors (Lipinski definition) is 4. The van der Waals surface area contributed by atoms with E-state index in [1.54, 1.807) is 0 Å². The van der Waals surface area contributed by atoms with Gasteiger partial charge < -0.3 is 16.5 Å². The van der Waals surface area contributed by atoms with E-state index in [1.165, 1.54) is 0 Å². The maximum absolute atomic E-state index is 10.8. The van der Waals surface area contributed by atoms with Gasteiger partial charge in [0.05, 0.1) is 0 Å². The average Bonchev–Trinajstić information content (AvgIpc) is 2.30. The molecule has 0 fully saturated rings. The van der Waals surface area contributed by atoms with Gasteiger partial charge in [-0.25, -0.2) is 15.8 Å². The Morgan fingerprint density at radius 1 is 1.39 bits per heavy atom. The minimum absolute atomic E-state index is 0.0913. The molecule has 0 spiro atoms. The van der Waals surface area contributed by atoms with E-state index in [0.29, 0.717) is 23.9 Å². The Morgan fingerprint density at radius 2 is 2.00 bits per heavy atom. The van der Waals surface area contributed by atoms with Crippen LogP contribution in [0.2, 0.25) is 0 Å². The lowest BCUT2D eigenvalue weighted by molar-refractivity contribution is -0.118. The van der Waals surface area contributed by atoms with Crippen molar-refractivity contribution in [2.75, 3.05) is 10.7 Å². The Balaban J connectivity index is 2.96. The van der Waals surface area contributed by atoms with Crippen LogP contribution in [0.4, 0.5) is 11.6 Å². The van der Waals surface area contributed by atoms with Crippen LogP contribution in [0, 0.1) is 6.92 Å². The van der Waals surface area contributed by atoms with E-state index >= 15 is 0 Å². The molecule has 1 aromatic rings. The van der Waals surface area contributed by atoms with Crippen LogP contribution in [0.1, 0.15) is 31.7 Å². The Bertz CT molecular complexity index is 434. The molecule has 18 heavy (non-hydrogen) atoms. The topological polar surface area (TPSA) is 119 Å². The SMILES string of the molecule is CCc1nc(NN)c(C)c(NC(C)CC(N)=O)n1. The van der Waals surface area contributed by atoms with Crippen molar-refractivity contribution >= 4 is 17.5 Å². The third kappa shape index (κ3) is 3.56. The number of carbonyl (C=O) groups excluding carboxylic acids is 1. The molecule has 6 N–H and O–H groups in total. The Labute approximate surface area is 106 Å². The summed E-state index contributed by atoms with van der Waals surface area (Å²) in [5.74, 6) is 6.99. The monoisotopic (exact) mass is 252 g/mol. The van der Waals surface area contributed by atoms with Gasteiger partial charge in [0.25, 0.3) is 0 Å². The normalized spacial score (nSPS) is 12.0. The lowest BCUT2D eigenvalue weighted by Gasteiger charge is -2.17. The molecule has 0 saturated heterocycles. The van der Waals surface area contributed by atoms with Crippen molar-refractivity contribution < 1.29 is 4.79 Å². The number of anilines is 2. The number of nitrogens with one attached hydrogen (secondary N) is 2. The van der Waals surface area contributed by atoms with Gasteiger partial charge in [0.15, 0.2) is 0 Å². The molecule has 0 aromatic carbocycles. The molecule has 7 heteroatoms. The maximum atomic E-state index is 10.8. The van der Waals surface area contributed by atoms with Crippen LogP contribution in [0.15, 0.2) is 0 Å². The van der Waals surface area contributed by atoms with Gasteiger partial charge in [-0.1, -0.05) is 6.92 Å². The summed E-state index contributed by atoms with van der Waals surface area (Å²) in [7, 11) is 0. The molecule has 1 amide bonds. The minimum atomic E-state index is -0.352. The van der Waals surface area contributed by atoms with Gasteiger partial charge in [0, 0.05) is 24.4 Å². The van der Waals surface area contributed by atoms with Crippen LogP contribution in [-0.2, 0) is 11.2 Å². The molecule has 100 valence electrons. The summed E-state index contributed by atoms with van der Waals surface area (Å²) in [6, 6.07) is -0.0913. The largest absolute Gasteiger partial charge is 0.370 e. The molecule has 0 aliphatic heterocycles. The van der Waals surface area contributed by atoms with Gasteiger partial charge in [0.2, 0.25) is 5.91 Å². The minimum Gasteiger partial charge on any atom is -0.370 e. The zero-order valence-electron chi connectivity index (χ0n) is 10.9. The summed E-state index contributed by atoms with van der Waals surface area (Å²) in [5.41, 5.74) is 8.51. The molecule has 0 aliphatic rings. The molecule has 0 saturated carbocycles. The van der Waals surface area contributed by atoms with Gasteiger partial charge >= 0.3 is 0 Å². The highest BCUT2D eigenvalue weighted by Gasteiger charge is 2.12. The molecule has 1 rings (SSSR count). The number of aromatic nitrogens is 2. The Kier molecular flexibility index (Phi) is 4.85. The van der Waals surface area contributed by atoms with Gasteiger partial charge in [-0.2, -0.15) is 0 Å². The number of carbonyl (C=O) groups is 1. The van der Waals surface area contributed by atoms with E-state index in [9.17, 15) is 4.79 Å². The molecule has 1 heterocycles. The van der Waals surface area contributed by atoms with Crippen molar-refractivity contribution in [3.8, 4) is 0 Å². The fourth-order valence-electron chi connectivity index (χ4n) is 1.59. The molecular formula is C11H20N6O. The molecule has 1 unspecified atom stereocenters. The summed E-state index contributed by atoms with van der Waals surface area (Å²) in [6.45, 7) is 5.68. The third-order valence-electron chi connectivity index (χ3n) is 2.54. The fraction of sp³-hybridized carbons (Fsp3) is 0.545. The third-order valence-corrected chi connectivity index (χ3v) is 2.54. The first kappa shape index (κ1) is 14.2. The van der Waals surface area contributed by atoms with E-state index in [4.69, 9.17) is 11.6 Å². The van der Waals surface area contributed by atoms with E-state index in [1.807, 2.05) is 20.8 Å². The van der Waals surface area contributed by atoms with Crippen LogP contribution in [0.5, 0.6) is 0 Å². The van der Waals surface area contributed by atoms with Crippen molar-refractivity contribution in [2.45, 2.75) is 39.7 Å². The van der Waals surface area contributed by atoms with Crippen molar-refractivity contribution in [1.29, 1.82) is 0 Å². The standard InChI is InChI=1S/C11H20N6O/c1-4-9-15-10(7(3)11(16-9)17-13)14-6(2)5-8(12)18/h6H,4-5,13H2,1-3H3,(H2,12,18)(H2,14,15,16,17). The lowest BCUT2D eigenvalue weighted by atomic mass is 10.2. The van der Waals surface area contributed by atoms with Gasteiger partial charge in [-0.05, 0) is 13.8 Å². The predicted octanol–water partition coefficient (Wildman–Crippen LogP) is 0.309. The number of aryl methyl sites for hydroxylation is 1. The van der Waals surface area contributed by atoms with Crippen LogP contribution in [0.25, 0.3) is 0 Å². The Morgan fingerprint density at radius 3 is 2.50 bits per heavy atom. The summed E-state index contributed by atoms with van der Waals surface area (Å²) >= 11 is 0. The summed E-state index contributed by atoms with van der Waals surface area (Å²) < 4.78 is 0. The second-order valence-corrected chi connectivity index (χ2v) is 4.18. The molecule has 0 aliphatic carbocycles. The lowest BCUT2D eigenvalue weighted by Crippen LogP contribution is -2.25. The predicted molar refractivity (Wildman–Crippen MR) is 70.9 cm³/mol. The first-order valence-electron chi connectivity index (χ1n) is 5.86. The number of rotatable bonds is 6. The number of amides is 1. The van der Waals surface area contributed by atoms with Crippen molar-refractivity contribution in [3.63, 3.8) is 0 Å². The first-order valence-corrected chi connectivity index (χ1v) is 5.86. The van der Waals surface area contributed by atoms with E-state index in [0.717, 1.165) is 5.56 Å². The summed E-state index contributed by atoms with van der Waals surface area (Å²) in [5, 5.41) is 3.14. The summed E-state index contributed by atoms with van der Waals surface area (Å²) in [6.07, 6.45) is 0.949. The average molecular weight is 252 g/mol. The zero-order chi connectivity index (χ0) is 13.7. The molecule has 1 aromatic heterocycles. The highest BCUT2D eigenvalue weighted by atomic mass is 16.1. The summed E-state index contributed by atoms with van der Waals surface area (Å²) in [4.78, 5) is 19.5. The van der Waals surface area contributed by atoms with Gasteiger partial charge in [-0.15, -0.1) is 0 Å². The number of hydrazine groups is 1. The van der Waals surface area contributed by atoms with E-state index in [2.05, 4.69) is 20.7 Å². The molecule has 0 bridgehead atoms. The number of hydrogen-bond acceptors (Lipinski definition) is 6. The van der Waals surface area contributed by atoms with Gasteiger partial charge in [0.1, 0.15) is 17.5 Å². The van der Waals surface area contributed by atoms with Crippen molar-refractivity contribution in [2.24, 2.45) is 11.6 Å². The van der Waals surface area contributed by atoms with Crippen LogP contribution in [-0.4, -0.2) is 21.9 Å². The fourth-order valence-corrected chi connectivity index (χ4v) is 1.59. The highest BCUT2D eigenvalue weighted by molar-refractivity contribution is 5.75. The molecule has 1 atom stereocenters. The zero-order valence-corrected chi connectivity index (χ0v) is 10.9. The Hall–Kier alpha value is -1.89. The van der Waals surface area contributed by atoms with E-state index < -0.39 is 0 Å². The first-order chi connectivity index (χ1) is 8.47. The smallest absolute Gasteiger partial charge is 0.219 e. The number of nitrogens with zero attached hydrogens (tertiary/aromatic N) is 2. The van der Waals surface area contributed by atoms with Crippen molar-refractivity contribution in [1.82, 2.24) is 9.97 Å². The van der Waals surface area contributed by atoms with Crippen LogP contribution >= 0.6 is 0 Å². The van der Waals surface area contributed by atoms with Gasteiger partial charge in [-0.3, -0.25) is 4.79 Å².